The molecule has 2 atom stereocenters. The number of H-pyrrole nitrogens is 1. The van der Waals surface area contributed by atoms with Gasteiger partial charge in [0.25, 0.3) is 0 Å². The van der Waals surface area contributed by atoms with Gasteiger partial charge in [-0.2, -0.15) is 9.40 Å². The number of rotatable bonds is 10. The van der Waals surface area contributed by atoms with Crippen LogP contribution in [0.3, 0.4) is 0 Å². The smallest absolute Gasteiger partial charge is 0.407 e. The minimum Gasteiger partial charge on any atom is -0.444 e. The summed E-state index contributed by atoms with van der Waals surface area (Å²) in [7, 11) is -3.95. The number of amides is 1. The number of sulfonamides is 1. The Bertz CT molecular complexity index is 1300. The van der Waals surface area contributed by atoms with Crippen molar-refractivity contribution in [3.05, 3.63) is 59.8 Å². The highest BCUT2D eigenvalue weighted by molar-refractivity contribution is 7.89. The topological polar surface area (TPSA) is 125 Å². The first-order chi connectivity index (χ1) is 17.3. The number of alkyl carbamates (subject to hydrolysis) is 1. The molecule has 202 valence electrons. The number of aromatic nitrogens is 2. The van der Waals surface area contributed by atoms with Crippen molar-refractivity contribution in [2.24, 2.45) is 5.92 Å². The van der Waals surface area contributed by atoms with Gasteiger partial charge in [0.05, 0.1) is 28.3 Å². The summed E-state index contributed by atoms with van der Waals surface area (Å²) in [6.07, 6.45) is -1.57. The molecule has 0 aliphatic carbocycles. The summed E-state index contributed by atoms with van der Waals surface area (Å²) in [4.78, 5) is 12.7. The number of benzene rings is 2. The normalized spacial score (nSPS) is 14.2. The summed E-state index contributed by atoms with van der Waals surface area (Å²) in [6, 6.07) is 13.5. The van der Waals surface area contributed by atoms with E-state index in [1.807, 2.05) is 44.2 Å². The van der Waals surface area contributed by atoms with Gasteiger partial charge in [0.15, 0.2) is 0 Å². The average Bonchev–Trinajstić information content (AvgIpc) is 3.17. The van der Waals surface area contributed by atoms with Gasteiger partial charge in [-0.05, 0) is 63.8 Å². The lowest BCUT2D eigenvalue weighted by Gasteiger charge is -2.31. The van der Waals surface area contributed by atoms with Crippen molar-refractivity contribution in [1.82, 2.24) is 19.8 Å². The Kier molecular flexibility index (Phi) is 8.99. The number of carbonyl (C=O) groups excluding carboxylic acids is 1. The summed E-state index contributed by atoms with van der Waals surface area (Å²) >= 11 is 0. The van der Waals surface area contributed by atoms with Gasteiger partial charge < -0.3 is 15.2 Å². The second kappa shape index (κ2) is 11.6. The first kappa shape index (κ1) is 28.6. The zero-order valence-electron chi connectivity index (χ0n) is 22.4. The minimum absolute atomic E-state index is 0.00718. The monoisotopic (exact) mass is 530 g/mol. The number of hydrogen-bond donors (Lipinski definition) is 3. The highest BCUT2D eigenvalue weighted by atomic mass is 32.2. The molecule has 0 saturated heterocycles. The number of aromatic amines is 1. The Morgan fingerprint density at radius 1 is 1.14 bits per heavy atom. The molecule has 1 heterocycles. The van der Waals surface area contributed by atoms with Crippen molar-refractivity contribution < 1.29 is 23.1 Å². The van der Waals surface area contributed by atoms with Crippen molar-refractivity contribution in [3.63, 3.8) is 0 Å². The molecule has 2 aromatic carbocycles. The van der Waals surface area contributed by atoms with Crippen molar-refractivity contribution in [2.75, 3.05) is 13.1 Å². The number of hydrogen-bond acceptors (Lipinski definition) is 6. The molecule has 3 aromatic rings. The standard InChI is InChI=1S/C27H38N4O5S/c1-18(2)16-31(37(34,35)21-12-13-23-22(15-21)19(3)29-30-23)17-25(32)24(14-20-10-8-7-9-11-20)28-26(33)36-27(4,5)6/h7-13,15,18,24-25,32H,14,16-17H2,1-6H3,(H,28,33)(H,29,30). The third-order valence-electron chi connectivity index (χ3n) is 5.79. The van der Waals surface area contributed by atoms with E-state index in [1.54, 1.807) is 39.8 Å². The lowest BCUT2D eigenvalue weighted by Crippen LogP contribution is -2.51. The summed E-state index contributed by atoms with van der Waals surface area (Å²) in [5.74, 6) is 0.00718. The fourth-order valence-corrected chi connectivity index (χ4v) is 5.71. The first-order valence-corrected chi connectivity index (χ1v) is 13.9. The fourth-order valence-electron chi connectivity index (χ4n) is 4.06. The zero-order chi connectivity index (χ0) is 27.4. The Morgan fingerprint density at radius 2 is 1.81 bits per heavy atom. The number of ether oxygens (including phenoxy) is 1. The van der Waals surface area contributed by atoms with Crippen molar-refractivity contribution >= 4 is 27.0 Å². The van der Waals surface area contributed by atoms with E-state index in [9.17, 15) is 18.3 Å². The van der Waals surface area contributed by atoms with E-state index in [0.717, 1.165) is 16.5 Å². The quantitative estimate of drug-likeness (QED) is 0.364. The molecule has 0 bridgehead atoms. The van der Waals surface area contributed by atoms with Crippen LogP contribution in [0, 0.1) is 12.8 Å². The zero-order valence-corrected chi connectivity index (χ0v) is 23.2. The largest absolute Gasteiger partial charge is 0.444 e. The van der Waals surface area contributed by atoms with E-state index >= 15 is 0 Å². The third kappa shape index (κ3) is 7.77. The highest BCUT2D eigenvalue weighted by Gasteiger charge is 2.32. The molecule has 0 spiro atoms. The van der Waals surface area contributed by atoms with E-state index in [4.69, 9.17) is 4.74 Å². The summed E-state index contributed by atoms with van der Waals surface area (Å²) in [6.45, 7) is 10.9. The maximum atomic E-state index is 13.7. The van der Waals surface area contributed by atoms with Gasteiger partial charge in [0.2, 0.25) is 10.0 Å². The molecule has 1 amide bonds. The van der Waals surface area contributed by atoms with Crippen molar-refractivity contribution in [3.8, 4) is 0 Å². The second-order valence-electron chi connectivity index (χ2n) is 10.7. The summed E-state index contributed by atoms with van der Waals surface area (Å²) < 4.78 is 34.2. The molecule has 2 unspecified atom stereocenters. The molecule has 37 heavy (non-hydrogen) atoms. The molecule has 1 aromatic heterocycles. The van der Waals surface area contributed by atoms with Crippen LogP contribution in [0.1, 0.15) is 45.9 Å². The molecule has 0 fully saturated rings. The molecule has 0 aliphatic heterocycles. The molecule has 0 radical (unpaired) electrons. The Labute approximate surface area is 219 Å². The molecule has 0 aliphatic rings. The number of aryl methyl sites for hydroxylation is 1. The number of nitrogens with zero attached hydrogens (tertiary/aromatic N) is 2. The fraction of sp³-hybridized carbons (Fsp3) is 0.481. The van der Waals surface area contributed by atoms with E-state index < -0.39 is 33.9 Å². The Morgan fingerprint density at radius 3 is 2.43 bits per heavy atom. The minimum atomic E-state index is -3.95. The summed E-state index contributed by atoms with van der Waals surface area (Å²) in [5.41, 5.74) is 1.62. The van der Waals surface area contributed by atoms with Gasteiger partial charge in [-0.3, -0.25) is 5.10 Å². The van der Waals surface area contributed by atoms with Crippen molar-refractivity contribution in [1.29, 1.82) is 0 Å². The maximum absolute atomic E-state index is 13.7. The van der Waals surface area contributed by atoms with Gasteiger partial charge in [0.1, 0.15) is 5.60 Å². The van der Waals surface area contributed by atoms with Gasteiger partial charge >= 0.3 is 6.09 Å². The average molecular weight is 531 g/mol. The Balaban J connectivity index is 1.90. The summed E-state index contributed by atoms with van der Waals surface area (Å²) in [5, 5.41) is 21.8. The van der Waals surface area contributed by atoms with Gasteiger partial charge in [-0.15, -0.1) is 0 Å². The molecule has 3 N–H and O–H groups in total. The second-order valence-corrected chi connectivity index (χ2v) is 12.7. The van der Waals surface area contributed by atoms with Gasteiger partial charge in [-0.25, -0.2) is 13.2 Å². The van der Waals surface area contributed by atoms with Crippen LogP contribution in [0.25, 0.3) is 10.9 Å². The number of aliphatic hydroxyl groups excluding tert-OH is 1. The molecule has 3 rings (SSSR count). The molecule has 0 saturated carbocycles. The van der Waals surface area contributed by atoms with Gasteiger partial charge in [0, 0.05) is 18.5 Å². The first-order valence-electron chi connectivity index (χ1n) is 12.4. The Hall–Kier alpha value is -2.95. The van der Waals surface area contributed by atoms with Crippen LogP contribution in [0.2, 0.25) is 0 Å². The van der Waals surface area contributed by atoms with E-state index in [2.05, 4.69) is 15.5 Å². The molecular weight excluding hydrogens is 492 g/mol. The molecular formula is C27H38N4O5S. The predicted octanol–water partition coefficient (Wildman–Crippen LogP) is 4.01. The van der Waals surface area contributed by atoms with Crippen LogP contribution >= 0.6 is 0 Å². The van der Waals surface area contributed by atoms with E-state index in [1.165, 1.54) is 10.4 Å². The number of nitrogens with one attached hydrogen (secondary N) is 2. The van der Waals surface area contributed by atoms with Crippen LogP contribution in [0.5, 0.6) is 0 Å². The van der Waals surface area contributed by atoms with Crippen LogP contribution in [-0.2, 0) is 21.2 Å². The van der Waals surface area contributed by atoms with Gasteiger partial charge in [-0.1, -0.05) is 44.2 Å². The van der Waals surface area contributed by atoms with E-state index in [0.29, 0.717) is 12.1 Å². The van der Waals surface area contributed by atoms with Crippen LogP contribution in [0.4, 0.5) is 4.79 Å². The molecule has 10 heteroatoms. The lowest BCUT2D eigenvalue weighted by atomic mass is 10.0. The number of fused-ring (bicyclic) bond motifs is 1. The molecule has 9 nitrogen and oxygen atoms in total. The van der Waals surface area contributed by atoms with Crippen molar-refractivity contribution in [2.45, 2.75) is 70.6 Å². The SMILES string of the molecule is Cc1n[nH]c2ccc(S(=O)(=O)N(CC(C)C)CC(O)C(Cc3ccccc3)NC(=O)OC(C)(C)C)cc12. The van der Waals surface area contributed by atoms with Crippen LogP contribution < -0.4 is 5.32 Å². The number of carbonyl (C=O) groups is 1. The third-order valence-corrected chi connectivity index (χ3v) is 7.61. The number of aliphatic hydroxyl groups is 1. The van der Waals surface area contributed by atoms with Crippen LogP contribution in [0.15, 0.2) is 53.4 Å². The highest BCUT2D eigenvalue weighted by Crippen LogP contribution is 2.24. The predicted molar refractivity (Wildman–Crippen MR) is 144 cm³/mol. The lowest BCUT2D eigenvalue weighted by molar-refractivity contribution is 0.0400. The maximum Gasteiger partial charge on any atom is 0.407 e. The van der Waals surface area contributed by atoms with Crippen LogP contribution in [-0.4, -0.2) is 65.0 Å². The van der Waals surface area contributed by atoms with E-state index in [-0.39, 0.29) is 23.9 Å².